The van der Waals surface area contributed by atoms with Crippen molar-refractivity contribution in [2.75, 3.05) is 26.2 Å². The lowest BCUT2D eigenvalue weighted by atomic mass is 10.0. The van der Waals surface area contributed by atoms with Gasteiger partial charge in [0.25, 0.3) is 17.6 Å². The monoisotopic (exact) mass is 514 g/mol. The Morgan fingerprint density at radius 1 is 1.03 bits per heavy atom. The number of carbonyl (C=O) groups is 3. The van der Waals surface area contributed by atoms with Gasteiger partial charge in [-0.2, -0.15) is 10.1 Å². The lowest BCUT2D eigenvalue weighted by Crippen LogP contribution is -2.52. The molecule has 12 heteroatoms. The molecule has 11 nitrogen and oxygen atoms in total. The van der Waals surface area contributed by atoms with Gasteiger partial charge in [-0.05, 0) is 35.9 Å². The number of nitriles is 1. The van der Waals surface area contributed by atoms with Crippen LogP contribution in [0.4, 0.5) is 4.39 Å². The first-order chi connectivity index (χ1) is 18.5. The number of benzene rings is 2. The maximum Gasteiger partial charge on any atom is 0.295 e. The van der Waals surface area contributed by atoms with Crippen molar-refractivity contribution in [2.45, 2.75) is 19.4 Å². The molecule has 5 rings (SSSR count). The van der Waals surface area contributed by atoms with Gasteiger partial charge in [0.1, 0.15) is 5.82 Å². The first kappa shape index (κ1) is 24.8. The average Bonchev–Trinajstić information content (AvgIpc) is 3.61. The summed E-state index contributed by atoms with van der Waals surface area (Å²) in [5, 5.41) is 20.9. The van der Waals surface area contributed by atoms with Gasteiger partial charge in [-0.1, -0.05) is 18.2 Å². The van der Waals surface area contributed by atoms with Crippen molar-refractivity contribution in [3.63, 3.8) is 0 Å². The van der Waals surface area contributed by atoms with Gasteiger partial charge in [0.15, 0.2) is 0 Å². The Kier molecular flexibility index (Phi) is 6.90. The zero-order valence-electron chi connectivity index (χ0n) is 20.3. The van der Waals surface area contributed by atoms with Crippen molar-refractivity contribution in [1.82, 2.24) is 35.0 Å². The molecule has 0 unspecified atom stereocenters. The summed E-state index contributed by atoms with van der Waals surface area (Å²) in [4.78, 5) is 46.2. The molecule has 0 aliphatic carbocycles. The highest BCUT2D eigenvalue weighted by atomic mass is 19.1. The number of unbranched alkanes of at least 4 members (excludes halogenated alkanes) is 1. The molecule has 0 saturated carbocycles. The van der Waals surface area contributed by atoms with E-state index in [0.717, 1.165) is 0 Å². The third-order valence-corrected chi connectivity index (χ3v) is 6.44. The summed E-state index contributed by atoms with van der Waals surface area (Å²) in [6.07, 6.45) is 2.22. The number of aryl methyl sites for hydroxylation is 1. The van der Waals surface area contributed by atoms with Gasteiger partial charge in [-0.3, -0.25) is 14.4 Å². The molecule has 3 heterocycles. The minimum atomic E-state index is -0.844. The topological polar surface area (TPSA) is 141 Å². The fourth-order valence-corrected chi connectivity index (χ4v) is 4.45. The summed E-state index contributed by atoms with van der Waals surface area (Å²) in [7, 11) is 0. The van der Waals surface area contributed by atoms with E-state index in [1.54, 1.807) is 29.2 Å². The minimum Gasteiger partial charge on any atom is -0.360 e. The number of amides is 2. The van der Waals surface area contributed by atoms with E-state index < -0.39 is 17.5 Å². The Morgan fingerprint density at radius 3 is 2.50 bits per heavy atom. The molecular formula is C26H23FN8O3. The number of ketones is 1. The van der Waals surface area contributed by atoms with Gasteiger partial charge in [0, 0.05) is 55.3 Å². The summed E-state index contributed by atoms with van der Waals surface area (Å²) >= 11 is 0. The predicted octanol–water partition coefficient (Wildman–Crippen LogP) is 2.43. The first-order valence-corrected chi connectivity index (χ1v) is 12.1. The van der Waals surface area contributed by atoms with Crippen LogP contribution in [0.1, 0.15) is 33.6 Å². The Balaban J connectivity index is 1.32. The molecule has 1 aliphatic heterocycles. The van der Waals surface area contributed by atoms with Gasteiger partial charge in [-0.25, -0.2) is 4.39 Å². The van der Waals surface area contributed by atoms with E-state index >= 15 is 0 Å². The molecule has 0 spiro atoms. The summed E-state index contributed by atoms with van der Waals surface area (Å²) in [6, 6.07) is 13.6. The lowest BCUT2D eigenvalue weighted by molar-refractivity contribution is -0.127. The van der Waals surface area contributed by atoms with E-state index in [-0.39, 0.29) is 54.4 Å². The zero-order chi connectivity index (χ0) is 26.6. The van der Waals surface area contributed by atoms with Crippen LogP contribution in [0.15, 0.2) is 48.7 Å². The number of nitrogens with zero attached hydrogens (tertiary/aromatic N) is 7. The summed E-state index contributed by atoms with van der Waals surface area (Å²) in [5.41, 5.74) is 1.17. The van der Waals surface area contributed by atoms with Crippen molar-refractivity contribution < 1.29 is 18.8 Å². The molecule has 2 aromatic carbocycles. The molecule has 1 aliphatic rings. The van der Waals surface area contributed by atoms with Crippen molar-refractivity contribution in [2.24, 2.45) is 0 Å². The van der Waals surface area contributed by atoms with Crippen molar-refractivity contribution in [1.29, 1.82) is 5.26 Å². The van der Waals surface area contributed by atoms with Crippen LogP contribution in [-0.2, 0) is 11.3 Å². The van der Waals surface area contributed by atoms with Crippen molar-refractivity contribution >= 4 is 28.5 Å². The third kappa shape index (κ3) is 4.73. The number of fused-ring (bicyclic) bond motifs is 1. The van der Waals surface area contributed by atoms with Crippen LogP contribution in [0.5, 0.6) is 0 Å². The standard InChI is InChI=1S/C26H23FN8O3/c27-20-9-8-18(24-30-32-35(31-24)11-5-4-10-28)22-21(20)19(16-29-22)23(36)26(38)34-14-12-33(13-15-34)25(37)17-6-2-1-3-7-17/h1-3,6-9,16,29H,4-5,11-15H2. The number of H-pyrrole nitrogens is 1. The normalized spacial score (nSPS) is 13.5. The number of piperazine rings is 1. The van der Waals surface area contributed by atoms with E-state index in [0.29, 0.717) is 30.5 Å². The Hall–Kier alpha value is -4.92. The first-order valence-electron chi connectivity index (χ1n) is 12.1. The predicted molar refractivity (Wildman–Crippen MR) is 133 cm³/mol. The second-order valence-electron chi connectivity index (χ2n) is 8.80. The van der Waals surface area contributed by atoms with Gasteiger partial charge >= 0.3 is 0 Å². The van der Waals surface area contributed by atoms with E-state index in [1.807, 2.05) is 6.07 Å². The van der Waals surface area contributed by atoms with Gasteiger partial charge in [0.05, 0.1) is 23.7 Å². The zero-order valence-corrected chi connectivity index (χ0v) is 20.3. The smallest absolute Gasteiger partial charge is 0.295 e. The van der Waals surface area contributed by atoms with Crippen LogP contribution in [-0.4, -0.2) is 78.8 Å². The van der Waals surface area contributed by atoms with Crippen molar-refractivity contribution in [3.05, 3.63) is 65.6 Å². The molecule has 4 aromatic rings. The van der Waals surface area contributed by atoms with Crippen LogP contribution in [0.3, 0.4) is 0 Å². The van der Waals surface area contributed by atoms with E-state index in [9.17, 15) is 18.8 Å². The second-order valence-corrected chi connectivity index (χ2v) is 8.80. The molecule has 2 aromatic heterocycles. The van der Waals surface area contributed by atoms with Crippen LogP contribution in [0.25, 0.3) is 22.3 Å². The molecule has 0 radical (unpaired) electrons. The number of Topliss-reactive ketones (excluding diaryl/α,β-unsaturated/α-hetero) is 1. The summed E-state index contributed by atoms with van der Waals surface area (Å²) < 4.78 is 14.9. The Bertz CT molecular complexity index is 1550. The van der Waals surface area contributed by atoms with Crippen molar-refractivity contribution in [3.8, 4) is 17.5 Å². The van der Waals surface area contributed by atoms with Crippen LogP contribution in [0, 0.1) is 17.1 Å². The number of carbonyl (C=O) groups excluding carboxylic acids is 3. The van der Waals surface area contributed by atoms with Gasteiger partial charge in [0.2, 0.25) is 5.82 Å². The van der Waals surface area contributed by atoms with Crippen LogP contribution in [0.2, 0.25) is 0 Å². The lowest BCUT2D eigenvalue weighted by Gasteiger charge is -2.34. The molecule has 1 fully saturated rings. The Morgan fingerprint density at radius 2 is 1.76 bits per heavy atom. The number of nitrogens with one attached hydrogen (secondary N) is 1. The maximum atomic E-state index is 14.9. The molecular weight excluding hydrogens is 491 g/mol. The molecule has 1 saturated heterocycles. The number of aromatic nitrogens is 5. The molecule has 0 atom stereocenters. The number of rotatable bonds is 7. The quantitative estimate of drug-likeness (QED) is 0.227. The SMILES string of the molecule is N#CCCCn1nnc(-c2ccc(F)c3c(C(=O)C(=O)N4CCN(C(=O)c5ccccc5)CC4)c[nH]c23)n1. The van der Waals surface area contributed by atoms with Crippen LogP contribution >= 0.6 is 0 Å². The molecule has 192 valence electrons. The fourth-order valence-electron chi connectivity index (χ4n) is 4.45. The summed E-state index contributed by atoms with van der Waals surface area (Å²) in [5.74, 6) is -2.18. The van der Waals surface area contributed by atoms with Gasteiger partial charge in [-0.15, -0.1) is 10.2 Å². The average molecular weight is 515 g/mol. The highest BCUT2D eigenvalue weighted by molar-refractivity contribution is 6.45. The number of hydrogen-bond donors (Lipinski definition) is 1. The van der Waals surface area contributed by atoms with Crippen LogP contribution < -0.4 is 0 Å². The van der Waals surface area contributed by atoms with E-state index in [4.69, 9.17) is 5.26 Å². The van der Waals surface area contributed by atoms with Gasteiger partial charge < -0.3 is 14.8 Å². The summed E-state index contributed by atoms with van der Waals surface area (Å²) in [6.45, 7) is 1.36. The number of hydrogen-bond acceptors (Lipinski definition) is 7. The second kappa shape index (κ2) is 10.6. The fraction of sp³-hybridized carbons (Fsp3) is 0.269. The largest absolute Gasteiger partial charge is 0.360 e. The number of halogens is 1. The molecule has 2 amide bonds. The Labute approximate surface area is 216 Å². The third-order valence-electron chi connectivity index (χ3n) is 6.44. The van der Waals surface area contributed by atoms with E-state index in [2.05, 4.69) is 26.5 Å². The number of tetrazole rings is 1. The highest BCUT2D eigenvalue weighted by Gasteiger charge is 2.31. The highest BCUT2D eigenvalue weighted by Crippen LogP contribution is 2.30. The molecule has 1 N–H and O–H groups in total. The van der Waals surface area contributed by atoms with E-state index in [1.165, 1.54) is 28.0 Å². The molecule has 0 bridgehead atoms. The molecule has 38 heavy (non-hydrogen) atoms. The maximum absolute atomic E-state index is 14.9. The number of aromatic amines is 1. The minimum absolute atomic E-state index is 0.0282.